The summed E-state index contributed by atoms with van der Waals surface area (Å²) in [5.41, 5.74) is 0.651. The lowest BCUT2D eigenvalue weighted by Crippen LogP contribution is -2.07. The van der Waals surface area contributed by atoms with E-state index in [2.05, 4.69) is 38.2 Å². The van der Waals surface area contributed by atoms with Crippen molar-refractivity contribution in [1.82, 2.24) is 0 Å². The Morgan fingerprint density at radius 3 is 2.40 bits per heavy atom. The summed E-state index contributed by atoms with van der Waals surface area (Å²) in [4.78, 5) is 0. The molecule has 0 bridgehead atoms. The second-order valence-corrected chi connectivity index (χ2v) is 5.40. The highest BCUT2D eigenvalue weighted by Crippen LogP contribution is 2.49. The second-order valence-electron chi connectivity index (χ2n) is 3.52. The van der Waals surface area contributed by atoms with Crippen molar-refractivity contribution < 1.29 is 0 Å². The third-order valence-electron chi connectivity index (χ3n) is 2.02. The standard InChI is InChI=1S/C8H16S2/c1-7(2)10-6-8(5-9)3-4-8/h7,9H,3-6H2,1-2H3. The molecular formula is C8H16S2. The summed E-state index contributed by atoms with van der Waals surface area (Å²) < 4.78 is 0. The molecule has 1 aliphatic rings. The minimum Gasteiger partial charge on any atom is -0.179 e. The van der Waals surface area contributed by atoms with Crippen LogP contribution in [0.15, 0.2) is 0 Å². The van der Waals surface area contributed by atoms with Crippen LogP contribution >= 0.6 is 24.4 Å². The highest BCUT2D eigenvalue weighted by molar-refractivity contribution is 7.99. The fourth-order valence-electron chi connectivity index (χ4n) is 0.868. The van der Waals surface area contributed by atoms with Gasteiger partial charge in [0.2, 0.25) is 0 Å². The topological polar surface area (TPSA) is 0 Å². The Hall–Kier alpha value is 0.700. The van der Waals surface area contributed by atoms with E-state index in [-0.39, 0.29) is 0 Å². The van der Waals surface area contributed by atoms with E-state index < -0.39 is 0 Å². The predicted octanol–water partition coefficient (Wildman–Crippen LogP) is 2.84. The van der Waals surface area contributed by atoms with Crippen LogP contribution in [0.25, 0.3) is 0 Å². The molecule has 0 spiro atoms. The van der Waals surface area contributed by atoms with Crippen LogP contribution in [-0.2, 0) is 0 Å². The van der Waals surface area contributed by atoms with Gasteiger partial charge in [0.15, 0.2) is 0 Å². The molecule has 1 rings (SSSR count). The zero-order valence-corrected chi connectivity index (χ0v) is 8.47. The molecule has 0 aromatic heterocycles. The summed E-state index contributed by atoms with van der Waals surface area (Å²) in [6.45, 7) is 4.53. The van der Waals surface area contributed by atoms with Gasteiger partial charge in [-0.05, 0) is 35.0 Å². The largest absolute Gasteiger partial charge is 0.179 e. The molecule has 2 heteroatoms. The van der Waals surface area contributed by atoms with Crippen LogP contribution in [0.3, 0.4) is 0 Å². The Kier molecular flexibility index (Phi) is 2.99. The summed E-state index contributed by atoms with van der Waals surface area (Å²) in [5, 5.41) is 0.789. The van der Waals surface area contributed by atoms with E-state index in [1.807, 2.05) is 0 Å². The first-order chi connectivity index (χ1) is 4.68. The fourth-order valence-corrected chi connectivity index (χ4v) is 2.53. The first-order valence-electron chi connectivity index (χ1n) is 3.91. The number of rotatable bonds is 4. The third kappa shape index (κ3) is 2.39. The first kappa shape index (κ1) is 8.79. The molecule has 0 nitrogen and oxygen atoms in total. The van der Waals surface area contributed by atoms with Crippen molar-refractivity contribution in [3.05, 3.63) is 0 Å². The molecule has 0 N–H and O–H groups in total. The Morgan fingerprint density at radius 2 is 2.10 bits per heavy atom. The van der Waals surface area contributed by atoms with Gasteiger partial charge in [-0.3, -0.25) is 0 Å². The molecule has 0 radical (unpaired) electrons. The van der Waals surface area contributed by atoms with E-state index in [0.717, 1.165) is 11.0 Å². The lowest BCUT2D eigenvalue weighted by Gasteiger charge is -2.12. The van der Waals surface area contributed by atoms with Crippen LogP contribution in [0, 0.1) is 5.41 Å². The van der Waals surface area contributed by atoms with Crippen molar-refractivity contribution in [2.24, 2.45) is 5.41 Å². The Labute approximate surface area is 73.6 Å². The quantitative estimate of drug-likeness (QED) is 0.643. The Balaban J connectivity index is 2.13. The number of hydrogen-bond donors (Lipinski definition) is 1. The molecule has 60 valence electrons. The molecule has 0 atom stereocenters. The molecule has 0 amide bonds. The molecule has 0 aromatic rings. The number of hydrogen-bond acceptors (Lipinski definition) is 2. The van der Waals surface area contributed by atoms with Crippen molar-refractivity contribution in [2.45, 2.75) is 31.9 Å². The van der Waals surface area contributed by atoms with Gasteiger partial charge in [0.25, 0.3) is 0 Å². The van der Waals surface area contributed by atoms with Gasteiger partial charge >= 0.3 is 0 Å². The van der Waals surface area contributed by atoms with E-state index >= 15 is 0 Å². The smallest absolute Gasteiger partial charge is 0.0000407 e. The van der Waals surface area contributed by atoms with Gasteiger partial charge in [-0.2, -0.15) is 24.4 Å². The maximum atomic E-state index is 4.35. The minimum absolute atomic E-state index is 0.651. The third-order valence-corrected chi connectivity index (χ3v) is 4.13. The molecule has 1 fully saturated rings. The lowest BCUT2D eigenvalue weighted by molar-refractivity contribution is 0.681. The van der Waals surface area contributed by atoms with Crippen LogP contribution < -0.4 is 0 Å². The molecule has 10 heavy (non-hydrogen) atoms. The van der Waals surface area contributed by atoms with Gasteiger partial charge in [-0.15, -0.1) is 0 Å². The SMILES string of the molecule is CC(C)SCC1(CS)CC1. The summed E-state index contributed by atoms with van der Waals surface area (Å²) >= 11 is 6.43. The summed E-state index contributed by atoms with van der Waals surface area (Å²) in [5.74, 6) is 2.42. The van der Waals surface area contributed by atoms with Crippen molar-refractivity contribution in [1.29, 1.82) is 0 Å². The highest BCUT2D eigenvalue weighted by atomic mass is 32.2. The number of thioether (sulfide) groups is 1. The minimum atomic E-state index is 0.651. The summed E-state index contributed by atoms with van der Waals surface area (Å²) in [7, 11) is 0. The van der Waals surface area contributed by atoms with Crippen molar-refractivity contribution >= 4 is 24.4 Å². The second kappa shape index (κ2) is 3.40. The predicted molar refractivity (Wildman–Crippen MR) is 53.1 cm³/mol. The molecule has 0 aliphatic heterocycles. The normalized spacial score (nSPS) is 21.6. The average molecular weight is 176 g/mol. The first-order valence-corrected chi connectivity index (χ1v) is 5.59. The molecular weight excluding hydrogens is 160 g/mol. The van der Waals surface area contributed by atoms with Crippen LogP contribution in [0.4, 0.5) is 0 Å². The van der Waals surface area contributed by atoms with Gasteiger partial charge in [-0.25, -0.2) is 0 Å². The summed E-state index contributed by atoms with van der Waals surface area (Å²) in [6.07, 6.45) is 2.83. The van der Waals surface area contributed by atoms with Gasteiger partial charge in [0.1, 0.15) is 0 Å². The van der Waals surface area contributed by atoms with Crippen LogP contribution in [0.2, 0.25) is 0 Å². The van der Waals surface area contributed by atoms with Crippen LogP contribution in [0.5, 0.6) is 0 Å². The summed E-state index contributed by atoms with van der Waals surface area (Å²) in [6, 6.07) is 0. The lowest BCUT2D eigenvalue weighted by atomic mass is 10.2. The molecule has 0 unspecified atom stereocenters. The van der Waals surface area contributed by atoms with Gasteiger partial charge in [0.05, 0.1) is 0 Å². The van der Waals surface area contributed by atoms with Gasteiger partial charge in [0, 0.05) is 0 Å². The molecule has 1 saturated carbocycles. The van der Waals surface area contributed by atoms with Gasteiger partial charge < -0.3 is 0 Å². The molecule has 0 saturated heterocycles. The Bertz CT molecular complexity index is 106. The zero-order valence-electron chi connectivity index (χ0n) is 6.76. The maximum absolute atomic E-state index is 4.35. The van der Waals surface area contributed by atoms with Gasteiger partial charge in [-0.1, -0.05) is 13.8 Å². The molecule has 0 heterocycles. The monoisotopic (exact) mass is 176 g/mol. The van der Waals surface area contributed by atoms with E-state index in [0.29, 0.717) is 5.41 Å². The highest BCUT2D eigenvalue weighted by Gasteiger charge is 2.40. The molecule has 0 aromatic carbocycles. The number of thiol groups is 1. The van der Waals surface area contributed by atoms with Crippen molar-refractivity contribution in [3.8, 4) is 0 Å². The average Bonchev–Trinajstić information content (AvgIpc) is 2.64. The zero-order chi connectivity index (χ0) is 7.61. The van der Waals surface area contributed by atoms with Crippen LogP contribution in [0.1, 0.15) is 26.7 Å². The molecule has 1 aliphatic carbocycles. The fraction of sp³-hybridized carbons (Fsp3) is 1.00. The van der Waals surface area contributed by atoms with E-state index in [1.54, 1.807) is 0 Å². The van der Waals surface area contributed by atoms with E-state index in [1.165, 1.54) is 18.6 Å². The Morgan fingerprint density at radius 1 is 1.50 bits per heavy atom. The van der Waals surface area contributed by atoms with Crippen molar-refractivity contribution in [2.75, 3.05) is 11.5 Å². The van der Waals surface area contributed by atoms with Crippen molar-refractivity contribution in [3.63, 3.8) is 0 Å². The maximum Gasteiger partial charge on any atom is -0.0000407 e. The van der Waals surface area contributed by atoms with Crippen LogP contribution in [-0.4, -0.2) is 16.8 Å². The van der Waals surface area contributed by atoms with E-state index in [4.69, 9.17) is 0 Å². The van der Waals surface area contributed by atoms with E-state index in [9.17, 15) is 0 Å².